The maximum Gasteiger partial charge on any atom is 0.246 e. The fourth-order valence-corrected chi connectivity index (χ4v) is 3.27. The summed E-state index contributed by atoms with van der Waals surface area (Å²) < 4.78 is 5.41. The second-order valence-corrected chi connectivity index (χ2v) is 5.99. The normalized spacial score (nSPS) is 21.4. The lowest BCUT2D eigenvalue weighted by Crippen LogP contribution is -2.64. The molecule has 7 nitrogen and oxygen atoms in total. The third kappa shape index (κ3) is 2.56. The van der Waals surface area contributed by atoms with E-state index in [-0.39, 0.29) is 11.9 Å². The topological polar surface area (TPSA) is 85.4 Å². The van der Waals surface area contributed by atoms with E-state index in [0.717, 1.165) is 25.2 Å². The van der Waals surface area contributed by atoms with E-state index >= 15 is 0 Å². The molecule has 1 atom stereocenters. The highest BCUT2D eigenvalue weighted by molar-refractivity contribution is 5.97. The van der Waals surface area contributed by atoms with Gasteiger partial charge in [-0.3, -0.25) is 14.6 Å². The monoisotopic (exact) mass is 323 g/mol. The van der Waals surface area contributed by atoms with E-state index in [1.165, 1.54) is 0 Å². The number of anilines is 1. The summed E-state index contributed by atoms with van der Waals surface area (Å²) >= 11 is 0. The average Bonchev–Trinajstić information content (AvgIpc) is 3.12. The van der Waals surface area contributed by atoms with Crippen LogP contribution in [0.5, 0.6) is 0 Å². The summed E-state index contributed by atoms with van der Waals surface area (Å²) in [6.45, 7) is 3.94. The van der Waals surface area contributed by atoms with Gasteiger partial charge in [-0.15, -0.1) is 0 Å². The minimum absolute atomic E-state index is 0.0547. The molecule has 0 radical (unpaired) electrons. The molecule has 24 heavy (non-hydrogen) atoms. The van der Waals surface area contributed by atoms with Crippen LogP contribution in [0, 0.1) is 11.3 Å². The van der Waals surface area contributed by atoms with E-state index in [1.54, 1.807) is 29.2 Å². The first-order valence-corrected chi connectivity index (χ1v) is 7.99. The van der Waals surface area contributed by atoms with Crippen molar-refractivity contribution in [3.05, 3.63) is 35.9 Å². The minimum Gasteiger partial charge on any atom is -0.354 e. The summed E-state index contributed by atoms with van der Waals surface area (Å²) in [6.07, 6.45) is 0. The molecule has 1 amide bonds. The van der Waals surface area contributed by atoms with Crippen molar-refractivity contribution in [2.45, 2.75) is 6.04 Å². The summed E-state index contributed by atoms with van der Waals surface area (Å²) in [5.74, 6) is 1.14. The van der Waals surface area contributed by atoms with Crippen molar-refractivity contribution >= 4 is 11.7 Å². The molecule has 2 aliphatic heterocycles. The Morgan fingerprint density at radius 3 is 3.08 bits per heavy atom. The van der Waals surface area contributed by atoms with Crippen molar-refractivity contribution in [1.29, 1.82) is 5.26 Å². The maximum atomic E-state index is 12.7. The predicted molar refractivity (Wildman–Crippen MR) is 87.2 cm³/mol. The number of hydrogen-bond acceptors (Lipinski definition) is 6. The van der Waals surface area contributed by atoms with Crippen molar-refractivity contribution in [3.63, 3.8) is 0 Å². The molecule has 1 N–H and O–H groups in total. The number of nitrogens with one attached hydrogen (secondary N) is 1. The van der Waals surface area contributed by atoms with Gasteiger partial charge in [-0.05, 0) is 12.1 Å². The van der Waals surface area contributed by atoms with Crippen molar-refractivity contribution < 1.29 is 9.32 Å². The first kappa shape index (κ1) is 14.9. The van der Waals surface area contributed by atoms with Gasteiger partial charge in [0.2, 0.25) is 5.91 Å². The van der Waals surface area contributed by atoms with E-state index in [9.17, 15) is 4.79 Å². The Hall–Kier alpha value is -2.69. The van der Waals surface area contributed by atoms with E-state index in [1.807, 2.05) is 6.07 Å². The van der Waals surface area contributed by atoms with Crippen LogP contribution in [0.4, 0.5) is 5.82 Å². The number of benzene rings is 1. The lowest BCUT2D eigenvalue weighted by molar-refractivity contribution is -0.126. The Kier molecular flexibility index (Phi) is 3.76. The summed E-state index contributed by atoms with van der Waals surface area (Å²) in [7, 11) is 0. The first-order chi connectivity index (χ1) is 11.8. The number of nitriles is 1. The Labute approximate surface area is 139 Å². The van der Waals surface area contributed by atoms with Gasteiger partial charge in [-0.2, -0.15) is 5.26 Å². The zero-order valence-electron chi connectivity index (χ0n) is 13.1. The van der Waals surface area contributed by atoms with Gasteiger partial charge in [0.05, 0.1) is 11.6 Å². The summed E-state index contributed by atoms with van der Waals surface area (Å²) in [5.41, 5.74) is 1.33. The second-order valence-electron chi connectivity index (χ2n) is 5.99. The van der Waals surface area contributed by atoms with Crippen molar-refractivity contribution in [2.24, 2.45) is 0 Å². The Bertz CT molecular complexity index is 809. The number of carbonyl (C=O) groups excluding carboxylic acids is 1. The highest BCUT2D eigenvalue weighted by Gasteiger charge is 2.37. The fourth-order valence-electron chi connectivity index (χ4n) is 3.27. The number of nitrogens with zero attached hydrogens (tertiary/aromatic N) is 4. The number of rotatable bonds is 2. The van der Waals surface area contributed by atoms with Gasteiger partial charge in [0.1, 0.15) is 6.04 Å². The van der Waals surface area contributed by atoms with Crippen LogP contribution in [0.1, 0.15) is 5.56 Å². The van der Waals surface area contributed by atoms with Gasteiger partial charge in [0.25, 0.3) is 0 Å². The van der Waals surface area contributed by atoms with Crippen LogP contribution < -0.4 is 10.2 Å². The highest BCUT2D eigenvalue weighted by atomic mass is 16.5. The maximum absolute atomic E-state index is 12.7. The smallest absolute Gasteiger partial charge is 0.246 e. The van der Waals surface area contributed by atoms with E-state index < -0.39 is 0 Å². The Morgan fingerprint density at radius 2 is 2.21 bits per heavy atom. The largest absolute Gasteiger partial charge is 0.354 e. The first-order valence-electron chi connectivity index (χ1n) is 7.99. The van der Waals surface area contributed by atoms with Crippen LogP contribution in [0.15, 0.2) is 34.9 Å². The minimum atomic E-state index is -0.130. The lowest BCUT2D eigenvalue weighted by atomic mass is 10.1. The SMILES string of the molecule is N#Cc1cccc(-c2cc(N3CCN4CCNC[C@@H]4C3=O)no2)c1. The number of aromatic nitrogens is 1. The molecular weight excluding hydrogens is 306 g/mol. The third-order valence-electron chi connectivity index (χ3n) is 4.57. The Balaban J connectivity index is 1.58. The number of carbonyl (C=O) groups is 1. The molecule has 7 heteroatoms. The number of amides is 1. The molecule has 2 fully saturated rings. The molecule has 1 aromatic carbocycles. The molecule has 1 aromatic heterocycles. The van der Waals surface area contributed by atoms with Crippen LogP contribution >= 0.6 is 0 Å². The molecular formula is C17H17N5O2. The zero-order chi connectivity index (χ0) is 16.5. The number of fused-ring (bicyclic) bond motifs is 1. The molecule has 0 saturated carbocycles. The van der Waals surface area contributed by atoms with Crippen molar-refractivity contribution in [1.82, 2.24) is 15.4 Å². The van der Waals surface area contributed by atoms with E-state index in [0.29, 0.717) is 30.2 Å². The van der Waals surface area contributed by atoms with Crippen LogP contribution in [0.25, 0.3) is 11.3 Å². The second kappa shape index (κ2) is 6.07. The molecule has 3 heterocycles. The number of hydrogen-bond donors (Lipinski definition) is 1. The molecule has 0 spiro atoms. The quantitative estimate of drug-likeness (QED) is 0.881. The van der Waals surface area contributed by atoms with Crippen LogP contribution in [0.3, 0.4) is 0 Å². The van der Waals surface area contributed by atoms with Gasteiger partial charge in [-0.25, -0.2) is 0 Å². The molecule has 2 aliphatic rings. The van der Waals surface area contributed by atoms with E-state index in [2.05, 4.69) is 21.4 Å². The van der Waals surface area contributed by atoms with Crippen molar-refractivity contribution in [3.8, 4) is 17.4 Å². The Morgan fingerprint density at radius 1 is 1.29 bits per heavy atom. The third-order valence-corrected chi connectivity index (χ3v) is 4.57. The van der Waals surface area contributed by atoms with Gasteiger partial charge in [-0.1, -0.05) is 17.3 Å². The molecule has 0 bridgehead atoms. The van der Waals surface area contributed by atoms with Gasteiger partial charge < -0.3 is 9.84 Å². The molecule has 4 rings (SSSR count). The fraction of sp³-hybridized carbons (Fsp3) is 0.353. The summed E-state index contributed by atoms with van der Waals surface area (Å²) in [5, 5.41) is 16.3. The lowest BCUT2D eigenvalue weighted by Gasteiger charge is -2.42. The van der Waals surface area contributed by atoms with Crippen molar-refractivity contribution in [2.75, 3.05) is 37.6 Å². The molecule has 0 unspecified atom stereocenters. The predicted octanol–water partition coefficient (Wildman–Crippen LogP) is 0.834. The molecule has 0 aliphatic carbocycles. The zero-order valence-corrected chi connectivity index (χ0v) is 13.1. The van der Waals surface area contributed by atoms with E-state index in [4.69, 9.17) is 9.78 Å². The van der Waals surface area contributed by atoms with Gasteiger partial charge >= 0.3 is 0 Å². The molecule has 122 valence electrons. The van der Waals surface area contributed by atoms with Crippen LogP contribution in [0.2, 0.25) is 0 Å². The number of piperazine rings is 2. The van der Waals surface area contributed by atoms with Gasteiger partial charge in [0, 0.05) is 44.4 Å². The average molecular weight is 323 g/mol. The summed E-state index contributed by atoms with van der Waals surface area (Å²) in [6, 6.07) is 10.9. The van der Waals surface area contributed by atoms with Crippen LogP contribution in [-0.4, -0.2) is 54.7 Å². The van der Waals surface area contributed by atoms with Crippen LogP contribution in [-0.2, 0) is 4.79 Å². The molecule has 2 aromatic rings. The summed E-state index contributed by atoms with van der Waals surface area (Å²) in [4.78, 5) is 16.6. The van der Waals surface area contributed by atoms with Gasteiger partial charge in [0.15, 0.2) is 11.6 Å². The molecule has 2 saturated heterocycles. The standard InChI is InChI=1S/C17H17N5O2/c18-10-12-2-1-3-13(8-12)15-9-16(20-24-15)22-7-6-21-5-4-19-11-14(21)17(22)23/h1-3,8-9,14,19H,4-7,11H2/t14-/m1/s1. The highest BCUT2D eigenvalue weighted by Crippen LogP contribution is 2.27.